The maximum absolute atomic E-state index is 3.82. The topological polar surface area (TPSA) is 26.4 Å². The largest absolute Gasteiger partial charge is 0.248 e. The number of hydrogen-bond acceptors (Lipinski definition) is 0. The molecule has 0 aliphatic heterocycles. The summed E-state index contributed by atoms with van der Waals surface area (Å²) < 4.78 is 12.3. The van der Waals surface area contributed by atoms with E-state index < -0.39 is 0 Å². The van der Waals surface area contributed by atoms with Crippen LogP contribution in [-0.2, 0) is 19.6 Å². The molecule has 6 heteroatoms. The number of imidazole rings is 3. The van der Waals surface area contributed by atoms with Crippen LogP contribution >= 0.6 is 0 Å². The molecule has 0 aliphatic carbocycles. The minimum Gasteiger partial charge on any atom is -0.232 e. The van der Waals surface area contributed by atoms with Crippen molar-refractivity contribution in [1.82, 2.24) is 13.7 Å². The minimum absolute atomic E-state index is 0.804. The Morgan fingerprint density at radius 2 is 0.867 bits per heavy atom. The molecule has 0 bridgehead atoms. The van der Waals surface area contributed by atoms with Crippen molar-refractivity contribution in [2.45, 2.75) is 19.6 Å². The average molecular weight is 400 g/mol. The third kappa shape index (κ3) is 4.55. The molecule has 30 heavy (non-hydrogen) atoms. The van der Waals surface area contributed by atoms with Crippen LogP contribution in [0.3, 0.4) is 0 Å². The Labute approximate surface area is 176 Å². The molecular weight excluding hydrogens is 372 g/mol. The van der Waals surface area contributed by atoms with E-state index in [2.05, 4.69) is 70.2 Å². The van der Waals surface area contributed by atoms with Gasteiger partial charge < -0.3 is 0 Å². The summed E-state index contributed by atoms with van der Waals surface area (Å²) in [4.78, 5) is 0. The average Bonchev–Trinajstić information content (AvgIpc) is 3.49. The Morgan fingerprint density at radius 1 is 0.567 bits per heavy atom. The van der Waals surface area contributed by atoms with Crippen molar-refractivity contribution in [3.8, 4) is 0 Å². The molecule has 0 radical (unpaired) electrons. The molecule has 6 nitrogen and oxygen atoms in total. The van der Waals surface area contributed by atoms with E-state index in [1.54, 1.807) is 18.6 Å². The summed E-state index contributed by atoms with van der Waals surface area (Å²) in [6.07, 6.45) is 23.7. The van der Waals surface area contributed by atoms with E-state index in [0.717, 1.165) is 19.6 Å². The van der Waals surface area contributed by atoms with Gasteiger partial charge in [0.25, 0.3) is 0 Å². The van der Waals surface area contributed by atoms with Crippen molar-refractivity contribution >= 4 is 18.6 Å². The van der Waals surface area contributed by atoms with Crippen LogP contribution in [0.25, 0.3) is 18.6 Å². The van der Waals surface area contributed by atoms with E-state index in [1.807, 2.05) is 51.3 Å². The molecule has 3 heterocycles. The first-order valence-corrected chi connectivity index (χ1v) is 9.84. The fraction of sp³-hybridized carbons (Fsp3) is 0.125. The lowest BCUT2D eigenvalue weighted by Crippen LogP contribution is -2.34. The van der Waals surface area contributed by atoms with Crippen LogP contribution in [0.2, 0.25) is 0 Å². The summed E-state index contributed by atoms with van der Waals surface area (Å²) in [7, 11) is 0. The van der Waals surface area contributed by atoms with Crippen molar-refractivity contribution < 1.29 is 13.7 Å². The van der Waals surface area contributed by atoms with Gasteiger partial charge >= 0.3 is 0 Å². The molecule has 0 amide bonds. The zero-order valence-electron chi connectivity index (χ0n) is 17.1. The summed E-state index contributed by atoms with van der Waals surface area (Å²) >= 11 is 0. The minimum atomic E-state index is 0.804. The Hall–Kier alpha value is -3.93. The maximum Gasteiger partial charge on any atom is 0.248 e. The number of nitrogens with zero attached hydrogens (tertiary/aromatic N) is 6. The highest BCUT2D eigenvalue weighted by Crippen LogP contribution is 2.11. The Balaban J connectivity index is 1.63. The molecule has 1 aromatic carbocycles. The van der Waals surface area contributed by atoms with Gasteiger partial charge in [0.05, 0.1) is 18.6 Å². The van der Waals surface area contributed by atoms with Crippen LogP contribution in [0, 0.1) is 0 Å². The second-order valence-corrected chi connectivity index (χ2v) is 7.30. The predicted molar refractivity (Wildman–Crippen MR) is 117 cm³/mol. The Bertz CT molecular complexity index is 1030. The van der Waals surface area contributed by atoms with Gasteiger partial charge in [-0.1, -0.05) is 19.7 Å². The second-order valence-electron chi connectivity index (χ2n) is 7.30. The fourth-order valence-corrected chi connectivity index (χ4v) is 3.58. The van der Waals surface area contributed by atoms with E-state index in [1.165, 1.54) is 16.7 Å². The number of aromatic nitrogens is 6. The van der Waals surface area contributed by atoms with Gasteiger partial charge in [-0.3, -0.25) is 0 Å². The first kappa shape index (κ1) is 19.4. The molecule has 0 spiro atoms. The summed E-state index contributed by atoms with van der Waals surface area (Å²) in [6, 6.07) is 6.83. The SMILES string of the molecule is C=Cn1cc[n+](Cc2cc(C[n+]3ccn(C=C)c3)cc(C[n+]3ccn(C=C)c3)c2)c1. The summed E-state index contributed by atoms with van der Waals surface area (Å²) in [5.74, 6) is 0. The molecule has 3 aromatic heterocycles. The van der Waals surface area contributed by atoms with E-state index in [-0.39, 0.29) is 0 Å². The third-order valence-electron chi connectivity index (χ3n) is 4.98. The van der Waals surface area contributed by atoms with E-state index in [0.29, 0.717) is 0 Å². The number of hydrogen-bond donors (Lipinski definition) is 0. The standard InChI is InChI=1S/C24H27N6/c1-4-25-7-10-28(19-25)16-22-13-23(17-29-11-8-26(5-2)20-29)15-24(14-22)18-30-12-9-27(6-3)21-30/h4-15,19-21H,1-3,16-18H2/q+3. The van der Waals surface area contributed by atoms with Crippen LogP contribution < -0.4 is 13.7 Å². The lowest BCUT2D eigenvalue weighted by Gasteiger charge is -2.07. The quantitative estimate of drug-likeness (QED) is 0.387. The maximum atomic E-state index is 3.82. The molecule has 0 atom stereocenters. The van der Waals surface area contributed by atoms with Gasteiger partial charge in [0.15, 0.2) is 0 Å². The molecule has 0 fully saturated rings. The molecule has 150 valence electrons. The zero-order chi connectivity index (χ0) is 20.9. The van der Waals surface area contributed by atoms with Gasteiger partial charge in [-0.2, -0.15) is 0 Å². The number of rotatable bonds is 9. The van der Waals surface area contributed by atoms with Gasteiger partial charge in [-0.15, -0.1) is 0 Å². The Morgan fingerprint density at radius 3 is 1.10 bits per heavy atom. The third-order valence-corrected chi connectivity index (χ3v) is 4.98. The van der Waals surface area contributed by atoms with Gasteiger partial charge in [0.2, 0.25) is 19.0 Å². The Kier molecular flexibility index (Phi) is 5.57. The number of benzene rings is 1. The van der Waals surface area contributed by atoms with Crippen molar-refractivity contribution in [1.29, 1.82) is 0 Å². The molecule has 0 saturated carbocycles. The molecule has 4 aromatic rings. The van der Waals surface area contributed by atoms with Crippen molar-refractivity contribution in [2.24, 2.45) is 0 Å². The van der Waals surface area contributed by atoms with Crippen LogP contribution in [0.5, 0.6) is 0 Å². The first-order chi connectivity index (χ1) is 14.6. The van der Waals surface area contributed by atoms with Crippen molar-refractivity contribution in [3.05, 3.63) is 111 Å². The van der Waals surface area contributed by atoms with Crippen LogP contribution in [0.15, 0.2) is 94.1 Å². The second kappa shape index (κ2) is 8.61. The molecule has 4 rings (SSSR count). The molecular formula is C24H27N6+3. The first-order valence-electron chi connectivity index (χ1n) is 9.84. The zero-order valence-corrected chi connectivity index (χ0v) is 17.1. The van der Waals surface area contributed by atoms with Crippen LogP contribution in [0.4, 0.5) is 0 Å². The monoisotopic (exact) mass is 399 g/mol. The van der Waals surface area contributed by atoms with Gasteiger partial charge in [-0.05, 0) is 34.9 Å². The lowest BCUT2D eigenvalue weighted by atomic mass is 10.0. The predicted octanol–water partition coefficient (Wildman–Crippen LogP) is 2.40. The summed E-state index contributed by atoms with van der Waals surface area (Å²) in [6.45, 7) is 13.9. The van der Waals surface area contributed by atoms with E-state index in [4.69, 9.17) is 0 Å². The van der Waals surface area contributed by atoms with Gasteiger partial charge in [-0.25, -0.2) is 27.4 Å². The molecule has 0 saturated heterocycles. The molecule has 0 aliphatic rings. The normalized spacial score (nSPS) is 10.8. The summed E-state index contributed by atoms with van der Waals surface area (Å²) in [5.41, 5.74) is 3.80. The van der Waals surface area contributed by atoms with Crippen LogP contribution in [0.1, 0.15) is 16.7 Å². The van der Waals surface area contributed by atoms with E-state index >= 15 is 0 Å². The highest BCUT2D eigenvalue weighted by Gasteiger charge is 2.11. The van der Waals surface area contributed by atoms with Gasteiger partial charge in [0, 0.05) is 0 Å². The van der Waals surface area contributed by atoms with Crippen LogP contribution in [-0.4, -0.2) is 13.7 Å². The highest BCUT2D eigenvalue weighted by atomic mass is 15.1. The molecule has 0 unspecified atom stereocenters. The fourth-order valence-electron chi connectivity index (χ4n) is 3.58. The molecule has 0 N–H and O–H groups in total. The van der Waals surface area contributed by atoms with Gasteiger partial charge in [0.1, 0.15) is 56.8 Å². The van der Waals surface area contributed by atoms with E-state index in [9.17, 15) is 0 Å². The van der Waals surface area contributed by atoms with Crippen molar-refractivity contribution in [2.75, 3.05) is 0 Å². The highest BCUT2D eigenvalue weighted by molar-refractivity contribution is 5.29. The summed E-state index contributed by atoms with van der Waals surface area (Å²) in [5, 5.41) is 0. The smallest absolute Gasteiger partial charge is 0.232 e. The van der Waals surface area contributed by atoms with Crippen molar-refractivity contribution in [3.63, 3.8) is 0 Å². The lowest BCUT2D eigenvalue weighted by molar-refractivity contribution is -0.689.